The predicted molar refractivity (Wildman–Crippen MR) is 55.1 cm³/mol. The van der Waals surface area contributed by atoms with Crippen molar-refractivity contribution in [3.63, 3.8) is 0 Å². The van der Waals surface area contributed by atoms with E-state index in [-0.39, 0.29) is 13.0 Å². The van der Waals surface area contributed by atoms with Crippen LogP contribution in [-0.2, 0) is 23.0 Å². The second kappa shape index (κ2) is 4.04. The van der Waals surface area contributed by atoms with E-state index in [1.807, 2.05) is 0 Å². The van der Waals surface area contributed by atoms with Gasteiger partial charge in [0, 0.05) is 31.7 Å². The summed E-state index contributed by atoms with van der Waals surface area (Å²) in [5, 5.41) is 0. The monoisotopic (exact) mass is 213 g/mol. The molecule has 15 heavy (non-hydrogen) atoms. The van der Waals surface area contributed by atoms with Gasteiger partial charge >= 0.3 is 5.97 Å². The average Bonchev–Trinajstić information content (AvgIpc) is 2.76. The maximum atomic E-state index is 11.8. The average molecular weight is 213 g/mol. The number of hydrogen-bond acceptors (Lipinski definition) is 3. The third-order valence-corrected chi connectivity index (χ3v) is 2.54. The molecule has 2 rings (SSSR count). The highest BCUT2D eigenvalue weighted by molar-refractivity contribution is 5.74. The van der Waals surface area contributed by atoms with Crippen LogP contribution in [0.5, 0.6) is 0 Å². The van der Waals surface area contributed by atoms with Crippen LogP contribution in [0.4, 0.5) is 0 Å². The zero-order valence-electron chi connectivity index (χ0n) is 13.5. The number of esters is 1. The second-order valence-electron chi connectivity index (χ2n) is 3.51. The molecule has 2 atom stereocenters. The zero-order chi connectivity index (χ0) is 15.2. The molecule has 0 aliphatic carbocycles. The third kappa shape index (κ3) is 1.89. The van der Waals surface area contributed by atoms with E-state index in [0.717, 1.165) is 0 Å². The van der Waals surface area contributed by atoms with Crippen LogP contribution in [0.1, 0.15) is 25.8 Å². The van der Waals surface area contributed by atoms with Gasteiger partial charge in [-0.3, -0.25) is 4.79 Å². The summed E-state index contributed by atoms with van der Waals surface area (Å²) in [6, 6.07) is 0. The van der Waals surface area contributed by atoms with Crippen molar-refractivity contribution in [2.45, 2.75) is 19.7 Å². The molecular formula is C11H16N2O2. The Labute approximate surface area is 96.3 Å². The highest BCUT2D eigenvalue weighted by Gasteiger charge is 2.35. The van der Waals surface area contributed by atoms with E-state index < -0.39 is 31.0 Å². The van der Waals surface area contributed by atoms with E-state index in [9.17, 15) is 4.79 Å². The Morgan fingerprint density at radius 3 is 3.40 bits per heavy atom. The van der Waals surface area contributed by atoms with Gasteiger partial charge in [-0.05, 0) is 12.8 Å². The molecule has 1 fully saturated rings. The van der Waals surface area contributed by atoms with Gasteiger partial charge in [-0.25, -0.2) is 4.98 Å². The van der Waals surface area contributed by atoms with E-state index >= 15 is 0 Å². The molecule has 1 aliphatic rings. The van der Waals surface area contributed by atoms with Gasteiger partial charge < -0.3 is 9.30 Å². The first-order chi connectivity index (χ1) is 9.07. The van der Waals surface area contributed by atoms with Crippen LogP contribution >= 0.6 is 0 Å². The molecule has 0 radical (unpaired) electrons. The highest BCUT2D eigenvalue weighted by atomic mass is 16.5. The maximum absolute atomic E-state index is 11.8. The van der Waals surface area contributed by atoms with E-state index in [4.69, 9.17) is 11.6 Å². The number of hydrogen-bond donors (Lipinski definition) is 0. The van der Waals surface area contributed by atoms with Gasteiger partial charge in [-0.15, -0.1) is 0 Å². The van der Waals surface area contributed by atoms with Crippen molar-refractivity contribution in [1.29, 1.82) is 0 Å². The van der Waals surface area contributed by atoms with Gasteiger partial charge in [0.2, 0.25) is 0 Å². The largest absolute Gasteiger partial charge is 0.465 e. The lowest BCUT2D eigenvalue weighted by molar-refractivity contribution is -0.141. The quantitative estimate of drug-likeness (QED) is 0.708. The molecule has 1 aromatic rings. The second-order valence-corrected chi connectivity index (χ2v) is 3.51. The van der Waals surface area contributed by atoms with Gasteiger partial charge in [0.05, 0.1) is 18.8 Å². The fourth-order valence-electron chi connectivity index (χ4n) is 1.60. The number of rotatable bonds is 3. The van der Waals surface area contributed by atoms with Crippen LogP contribution in [0.2, 0.25) is 0 Å². The smallest absolute Gasteiger partial charge is 0.309 e. The Bertz CT molecular complexity index is 529. The summed E-state index contributed by atoms with van der Waals surface area (Å²) in [7, 11) is 1.73. The van der Waals surface area contributed by atoms with Crippen molar-refractivity contribution in [2.24, 2.45) is 18.8 Å². The molecule has 0 bridgehead atoms. The van der Waals surface area contributed by atoms with Gasteiger partial charge in [-0.2, -0.15) is 0 Å². The van der Waals surface area contributed by atoms with Crippen molar-refractivity contribution in [3.05, 3.63) is 18.2 Å². The minimum Gasteiger partial charge on any atom is -0.465 e. The fourth-order valence-corrected chi connectivity index (χ4v) is 1.60. The Kier molecular flexibility index (Phi) is 1.53. The molecule has 1 aliphatic heterocycles. The normalized spacial score (nSPS) is 41.1. The van der Waals surface area contributed by atoms with E-state index in [1.54, 1.807) is 17.9 Å². The zero-order valence-corrected chi connectivity index (χ0v) is 8.49. The third-order valence-electron chi connectivity index (χ3n) is 2.54. The number of carbonyl (C=O) groups excluding carboxylic acids is 1. The molecule has 0 spiro atoms. The number of carbonyl (C=O) groups is 1. The molecule has 0 aromatic carbocycles. The number of ether oxygens (including phenoxy) is 1. The topological polar surface area (TPSA) is 44.1 Å². The van der Waals surface area contributed by atoms with E-state index in [2.05, 4.69) is 4.98 Å². The van der Waals surface area contributed by atoms with Crippen molar-refractivity contribution in [1.82, 2.24) is 9.55 Å². The van der Waals surface area contributed by atoms with E-state index in [0.29, 0.717) is 5.69 Å². The lowest BCUT2D eigenvalue weighted by atomic mass is 9.89. The summed E-state index contributed by atoms with van der Waals surface area (Å²) in [6.07, 6.45) is 2.43. The molecule has 0 unspecified atom stereocenters. The molecule has 82 valence electrons. The summed E-state index contributed by atoms with van der Waals surface area (Å²) in [5.41, 5.74) is 0.653. The van der Waals surface area contributed by atoms with Crippen molar-refractivity contribution in [2.75, 3.05) is 6.61 Å². The summed E-state index contributed by atoms with van der Waals surface area (Å²) < 4.78 is 45.0. The van der Waals surface area contributed by atoms with Gasteiger partial charge in [0.15, 0.2) is 0 Å². The number of imidazole rings is 1. The van der Waals surface area contributed by atoms with Crippen molar-refractivity contribution in [3.8, 4) is 0 Å². The number of nitrogens with zero attached hydrogens (tertiary/aromatic N) is 2. The van der Waals surface area contributed by atoms with Crippen LogP contribution in [0.15, 0.2) is 12.5 Å². The molecule has 0 saturated carbocycles. The maximum Gasteiger partial charge on any atom is 0.309 e. The van der Waals surface area contributed by atoms with Gasteiger partial charge in [0.1, 0.15) is 0 Å². The van der Waals surface area contributed by atoms with Crippen LogP contribution in [0.25, 0.3) is 0 Å². The summed E-state index contributed by atoms with van der Waals surface area (Å²) in [5.74, 6) is -4.67. The Morgan fingerprint density at radius 1 is 1.87 bits per heavy atom. The summed E-state index contributed by atoms with van der Waals surface area (Å²) >= 11 is 0. The highest BCUT2D eigenvalue weighted by Crippen LogP contribution is 2.27. The Hall–Kier alpha value is -1.32. The first kappa shape index (κ1) is 5.68. The number of aromatic nitrogens is 2. The van der Waals surface area contributed by atoms with E-state index in [1.165, 1.54) is 6.20 Å². The first-order valence-corrected chi connectivity index (χ1v) is 4.70. The molecule has 4 heteroatoms. The fraction of sp³-hybridized carbons (Fsp3) is 0.636. The van der Waals surface area contributed by atoms with Crippen molar-refractivity contribution < 1.29 is 16.4 Å². The first-order valence-electron chi connectivity index (χ1n) is 7.20. The molecule has 1 saturated heterocycles. The Morgan fingerprint density at radius 2 is 2.73 bits per heavy atom. The number of aryl methyl sites for hydroxylation is 1. The van der Waals surface area contributed by atoms with Gasteiger partial charge in [-0.1, -0.05) is 6.85 Å². The molecule has 4 nitrogen and oxygen atoms in total. The number of cyclic esters (lactones) is 1. The van der Waals surface area contributed by atoms with Crippen LogP contribution in [0.3, 0.4) is 0 Å². The molecule has 2 heterocycles. The molecule has 1 aromatic heterocycles. The summed E-state index contributed by atoms with van der Waals surface area (Å²) in [6.45, 7) is -2.75. The Balaban J connectivity index is 2.33. The lowest BCUT2D eigenvalue weighted by Gasteiger charge is -2.12. The minimum atomic E-state index is -2.47. The minimum absolute atomic E-state index is 0.0365. The standard InChI is InChI=1S/C11H16N2O2/c1-3-10-8(6-15-11(10)14)4-9-5-12-7-13(9)2/h5,7-8,10H,3-4,6H2,1-2H3/t8-,10-/m0/s1/i1D3,8D,10D. The summed E-state index contributed by atoms with van der Waals surface area (Å²) in [4.78, 5) is 15.7. The van der Waals surface area contributed by atoms with Crippen LogP contribution in [0, 0.1) is 11.8 Å². The molecule has 0 N–H and O–H groups in total. The van der Waals surface area contributed by atoms with Crippen LogP contribution in [-0.4, -0.2) is 22.1 Å². The lowest BCUT2D eigenvalue weighted by Crippen LogP contribution is -2.18. The van der Waals surface area contributed by atoms with Gasteiger partial charge in [0.25, 0.3) is 0 Å². The molecule has 0 amide bonds. The predicted octanol–water partition coefficient (Wildman–Crippen LogP) is 1.16. The molecular weight excluding hydrogens is 192 g/mol. The SMILES string of the molecule is [2H]C([2H])([2H])C[C@]1([2H])C(=O)OC[C@]1([2H])Cc1cncn1C. The van der Waals surface area contributed by atoms with Crippen molar-refractivity contribution >= 4 is 5.97 Å². The van der Waals surface area contributed by atoms with Crippen LogP contribution < -0.4 is 0 Å².